The molecule has 0 saturated carbocycles. The normalized spacial score (nSPS) is 14.3. The minimum Gasteiger partial charge on any atom is -0.356 e. The molecule has 0 fully saturated rings. The molecule has 0 aromatic heterocycles. The van der Waals surface area contributed by atoms with Gasteiger partial charge in [0.2, 0.25) is 0 Å². The van der Waals surface area contributed by atoms with Gasteiger partial charge in [-0.25, -0.2) is 0 Å². The van der Waals surface area contributed by atoms with Crippen LogP contribution in [0.5, 0.6) is 0 Å². The maximum atomic E-state index is 14.1. The summed E-state index contributed by atoms with van der Waals surface area (Å²) in [4.78, 5) is 45.0. The number of amides is 3. The van der Waals surface area contributed by atoms with Crippen LogP contribution in [0.15, 0.2) is 97.1 Å². The van der Waals surface area contributed by atoms with Crippen LogP contribution in [0.3, 0.4) is 0 Å². The maximum Gasteiger partial charge on any atom is 0.261 e. The summed E-state index contributed by atoms with van der Waals surface area (Å²) in [7, 11) is 0. The van der Waals surface area contributed by atoms with E-state index >= 15 is 0 Å². The topological polar surface area (TPSA) is 66.9 Å². The van der Waals surface area contributed by atoms with Crippen molar-refractivity contribution in [2.45, 2.75) is 84.7 Å². The van der Waals surface area contributed by atoms with Crippen LogP contribution in [-0.2, 0) is 11.3 Å². The fourth-order valence-electron chi connectivity index (χ4n) is 8.81. The minimum atomic E-state index is -0.204. The van der Waals surface area contributed by atoms with Crippen LogP contribution in [0.25, 0.3) is 54.6 Å². The Balaban J connectivity index is 1.18. The molecule has 2 heterocycles. The Bertz CT molecular complexity index is 2410. The van der Waals surface area contributed by atoms with Gasteiger partial charge in [0.15, 0.2) is 0 Å². The summed E-state index contributed by atoms with van der Waals surface area (Å²) in [5.41, 5.74) is 7.10. The van der Waals surface area contributed by atoms with E-state index in [2.05, 4.69) is 68.4 Å². The second-order valence-electron chi connectivity index (χ2n) is 15.2. The van der Waals surface area contributed by atoms with Crippen molar-refractivity contribution in [3.63, 3.8) is 0 Å². The van der Waals surface area contributed by atoms with E-state index in [1.807, 2.05) is 47.4 Å². The van der Waals surface area contributed by atoms with Crippen molar-refractivity contribution in [2.75, 3.05) is 19.8 Å². The van der Waals surface area contributed by atoms with Gasteiger partial charge in [0.05, 0.1) is 6.61 Å². The van der Waals surface area contributed by atoms with E-state index in [4.69, 9.17) is 4.74 Å². The van der Waals surface area contributed by atoms with Gasteiger partial charge in [-0.3, -0.25) is 19.3 Å². The highest BCUT2D eigenvalue weighted by atomic mass is 16.5. The van der Waals surface area contributed by atoms with Crippen molar-refractivity contribution in [3.05, 3.63) is 119 Å². The first-order valence-corrected chi connectivity index (χ1v) is 20.4. The van der Waals surface area contributed by atoms with Gasteiger partial charge < -0.3 is 9.64 Å². The number of fused-ring (bicyclic) bond motifs is 1. The molecule has 280 valence electrons. The van der Waals surface area contributed by atoms with Crippen LogP contribution in [-0.4, -0.2) is 47.3 Å². The lowest BCUT2D eigenvalue weighted by molar-refractivity contribution is 0.0159. The lowest BCUT2D eigenvalue weighted by Gasteiger charge is -2.28. The predicted octanol–water partition coefficient (Wildman–Crippen LogP) is 11.9. The standard InChI is InChI=1S/C49H50N2O4/c1-3-5-7-9-13-29-50-32-55-31-33-23-24-38(40-19-15-21-42(45(33)40)47(50)52)36-25-26-37(35-18-12-11-17-34(35)36)39-27-28-44-46-41(39)20-16-22-43(46)48(53)51(49(44)54)30-14-10-8-6-4-2/h11-12,15-28H,3-10,13-14,29-32H2,1-2H3. The van der Waals surface area contributed by atoms with Gasteiger partial charge in [-0.15, -0.1) is 0 Å². The van der Waals surface area contributed by atoms with E-state index in [0.717, 1.165) is 104 Å². The molecule has 0 spiro atoms. The highest BCUT2D eigenvalue weighted by Gasteiger charge is 2.33. The molecule has 6 aromatic rings. The fourth-order valence-corrected chi connectivity index (χ4v) is 8.81. The Morgan fingerprint density at radius 2 is 0.927 bits per heavy atom. The summed E-state index contributed by atoms with van der Waals surface area (Å²) in [6.07, 6.45) is 11.0. The van der Waals surface area contributed by atoms with Gasteiger partial charge in [-0.05, 0) is 80.4 Å². The molecule has 0 aliphatic carbocycles. The number of imide groups is 1. The Morgan fingerprint density at radius 3 is 1.55 bits per heavy atom. The zero-order valence-electron chi connectivity index (χ0n) is 32.2. The summed E-state index contributed by atoms with van der Waals surface area (Å²) < 4.78 is 6.14. The Labute approximate surface area is 324 Å². The number of nitrogens with zero attached hydrogens (tertiary/aromatic N) is 2. The highest BCUT2D eigenvalue weighted by molar-refractivity contribution is 6.27. The van der Waals surface area contributed by atoms with Crippen molar-refractivity contribution >= 4 is 50.0 Å². The largest absolute Gasteiger partial charge is 0.356 e. The highest BCUT2D eigenvalue weighted by Crippen LogP contribution is 2.43. The molecular weight excluding hydrogens is 681 g/mol. The van der Waals surface area contributed by atoms with Crippen molar-refractivity contribution in [2.24, 2.45) is 0 Å². The van der Waals surface area contributed by atoms with Gasteiger partial charge in [-0.2, -0.15) is 0 Å². The third kappa shape index (κ3) is 6.82. The van der Waals surface area contributed by atoms with Gasteiger partial charge in [-0.1, -0.05) is 144 Å². The number of unbranched alkanes of at least 4 members (excludes halogenated alkanes) is 8. The van der Waals surface area contributed by atoms with Crippen LogP contribution in [0.1, 0.15) is 115 Å². The fraction of sp³-hybridized carbons (Fsp3) is 0.327. The summed E-state index contributed by atoms with van der Waals surface area (Å²) in [6.45, 7) is 6.28. The Kier molecular flexibility index (Phi) is 10.8. The average Bonchev–Trinajstić information content (AvgIpc) is 3.21. The molecule has 2 aliphatic rings. The van der Waals surface area contributed by atoms with Gasteiger partial charge in [0, 0.05) is 40.6 Å². The van der Waals surface area contributed by atoms with Crippen LogP contribution >= 0.6 is 0 Å². The van der Waals surface area contributed by atoms with Crippen LogP contribution in [0, 0.1) is 0 Å². The monoisotopic (exact) mass is 730 g/mol. The molecule has 6 aromatic carbocycles. The number of hydrogen-bond donors (Lipinski definition) is 0. The summed E-state index contributed by atoms with van der Waals surface area (Å²) in [5, 5.41) is 5.79. The number of carbonyl (C=O) groups excluding carboxylic acids is 3. The molecule has 55 heavy (non-hydrogen) atoms. The number of benzene rings is 6. The molecule has 0 radical (unpaired) electrons. The second kappa shape index (κ2) is 16.2. The summed E-state index contributed by atoms with van der Waals surface area (Å²) >= 11 is 0. The second-order valence-corrected chi connectivity index (χ2v) is 15.2. The smallest absolute Gasteiger partial charge is 0.261 e. The zero-order chi connectivity index (χ0) is 37.9. The molecule has 0 bridgehead atoms. The quantitative estimate of drug-likeness (QED) is 0.0826. The van der Waals surface area contributed by atoms with Crippen molar-refractivity contribution < 1.29 is 19.1 Å². The van der Waals surface area contributed by atoms with E-state index in [9.17, 15) is 14.4 Å². The van der Waals surface area contributed by atoms with Crippen LogP contribution < -0.4 is 0 Å². The molecule has 8 rings (SSSR count). The van der Waals surface area contributed by atoms with E-state index in [1.165, 1.54) is 30.6 Å². The molecule has 3 amide bonds. The average molecular weight is 731 g/mol. The minimum absolute atomic E-state index is 0.0225. The molecular formula is C49H50N2O4. The Hall–Kier alpha value is -5.33. The zero-order valence-corrected chi connectivity index (χ0v) is 32.2. The summed E-state index contributed by atoms with van der Waals surface area (Å²) in [5.74, 6) is -0.386. The first-order chi connectivity index (χ1) is 27.0. The van der Waals surface area contributed by atoms with E-state index in [0.29, 0.717) is 37.6 Å². The molecule has 2 aliphatic heterocycles. The van der Waals surface area contributed by atoms with E-state index in [1.54, 1.807) is 0 Å². The SMILES string of the molecule is CCCCCCCN1COCc2ccc(-c3ccc(-c4ccc5c6c(cccc46)C(=O)N(CCCCCCC)C5=O)c4ccccc34)c3cccc(c23)C1=O. The Morgan fingerprint density at radius 1 is 0.455 bits per heavy atom. The molecule has 0 saturated heterocycles. The number of carbonyl (C=O) groups is 3. The number of rotatable bonds is 14. The van der Waals surface area contributed by atoms with Crippen LogP contribution in [0.2, 0.25) is 0 Å². The first kappa shape index (κ1) is 36.6. The molecule has 0 N–H and O–H groups in total. The third-order valence-electron chi connectivity index (χ3n) is 11.7. The van der Waals surface area contributed by atoms with E-state index < -0.39 is 0 Å². The molecule has 6 heteroatoms. The van der Waals surface area contributed by atoms with E-state index in [-0.39, 0.29) is 17.7 Å². The maximum absolute atomic E-state index is 14.1. The lowest BCUT2D eigenvalue weighted by Crippen LogP contribution is -2.40. The molecule has 0 unspecified atom stereocenters. The third-order valence-corrected chi connectivity index (χ3v) is 11.7. The number of ether oxygens (including phenoxy) is 1. The number of hydrogen-bond acceptors (Lipinski definition) is 4. The predicted molar refractivity (Wildman–Crippen MR) is 223 cm³/mol. The van der Waals surface area contributed by atoms with Crippen molar-refractivity contribution in [3.8, 4) is 22.3 Å². The van der Waals surface area contributed by atoms with Crippen molar-refractivity contribution in [1.82, 2.24) is 9.80 Å². The van der Waals surface area contributed by atoms with Crippen LogP contribution in [0.4, 0.5) is 0 Å². The summed E-state index contributed by atoms with van der Waals surface area (Å²) in [6, 6.07) is 33.0. The van der Waals surface area contributed by atoms with Crippen molar-refractivity contribution in [1.29, 1.82) is 0 Å². The van der Waals surface area contributed by atoms with Gasteiger partial charge in [0.1, 0.15) is 6.73 Å². The lowest BCUT2D eigenvalue weighted by atomic mass is 9.85. The van der Waals surface area contributed by atoms with Gasteiger partial charge in [0.25, 0.3) is 17.7 Å². The van der Waals surface area contributed by atoms with Gasteiger partial charge >= 0.3 is 0 Å². The molecule has 0 atom stereocenters. The molecule has 6 nitrogen and oxygen atoms in total. The first-order valence-electron chi connectivity index (χ1n) is 20.4.